The number of unbranched alkanes of at least 4 members (excludes halogenated alkanes) is 1. The van der Waals surface area contributed by atoms with Gasteiger partial charge in [0.15, 0.2) is 5.13 Å². The van der Waals surface area contributed by atoms with Crippen molar-refractivity contribution in [1.82, 2.24) is 24.8 Å². The maximum atomic E-state index is 15.8. The largest absolute Gasteiger partial charge is 0.369 e. The quantitative estimate of drug-likeness (QED) is 0.0992. The summed E-state index contributed by atoms with van der Waals surface area (Å²) >= 11 is 1.65. The third-order valence-corrected chi connectivity index (χ3v) is 17.8. The minimum absolute atomic E-state index is 0.0236. The number of thiazole rings is 1. The molecule has 4 aliphatic rings. The first kappa shape index (κ1) is 49.5. The van der Waals surface area contributed by atoms with Crippen molar-refractivity contribution in [1.29, 1.82) is 0 Å². The van der Waals surface area contributed by atoms with E-state index in [4.69, 9.17) is 9.97 Å². The molecule has 0 radical (unpaired) electrons. The van der Waals surface area contributed by atoms with Crippen molar-refractivity contribution < 1.29 is 4.39 Å². The van der Waals surface area contributed by atoms with Crippen molar-refractivity contribution in [2.45, 2.75) is 90.1 Å². The second-order valence-electron chi connectivity index (χ2n) is 21.4. The van der Waals surface area contributed by atoms with Crippen LogP contribution in [0.2, 0.25) is 0 Å². The molecule has 3 fully saturated rings. The molecule has 10 heteroatoms. The minimum Gasteiger partial charge on any atom is -0.369 e. The lowest BCUT2D eigenvalue weighted by Crippen LogP contribution is -2.41. The highest BCUT2D eigenvalue weighted by atomic mass is 32.1. The van der Waals surface area contributed by atoms with E-state index in [2.05, 4.69) is 137 Å². The Bertz CT molecular complexity index is 3370. The number of halogens is 1. The molecule has 2 N–H and O–H groups in total. The van der Waals surface area contributed by atoms with Crippen LogP contribution in [0.15, 0.2) is 123 Å². The number of nitrogens with zero attached hydrogens (tertiary/aromatic N) is 6. The highest BCUT2D eigenvalue weighted by molar-refractivity contribution is 7.22. The minimum atomic E-state index is -0.173. The molecule has 7 aromatic rings. The van der Waals surface area contributed by atoms with E-state index in [0.29, 0.717) is 11.6 Å². The molecule has 380 valence electrons. The lowest BCUT2D eigenvalue weighted by Gasteiger charge is -2.38. The first-order valence-corrected chi connectivity index (χ1v) is 27.8. The van der Waals surface area contributed by atoms with Crippen LogP contribution in [0.25, 0.3) is 57.0 Å². The maximum Gasteiger partial charge on any atom is 0.188 e. The molecule has 11 rings (SSSR count). The van der Waals surface area contributed by atoms with Crippen LogP contribution in [0.5, 0.6) is 0 Å². The summed E-state index contributed by atoms with van der Waals surface area (Å²) in [4.78, 5) is 17.4. The molecule has 74 heavy (non-hydrogen) atoms. The monoisotopic (exact) mass is 1000 g/mol. The van der Waals surface area contributed by atoms with E-state index in [9.17, 15) is 0 Å². The normalized spacial score (nSPS) is 18.0. The molecule has 0 saturated carbocycles. The van der Waals surface area contributed by atoms with Gasteiger partial charge in [-0.05, 0) is 160 Å². The summed E-state index contributed by atoms with van der Waals surface area (Å²) in [5.74, 6) is 2.25. The van der Waals surface area contributed by atoms with Crippen LogP contribution in [0.1, 0.15) is 97.3 Å². The number of fused-ring (bicyclic) bond motifs is 3. The molecule has 1 unspecified atom stereocenters. The van der Waals surface area contributed by atoms with Gasteiger partial charge in [0, 0.05) is 82.4 Å². The summed E-state index contributed by atoms with van der Waals surface area (Å²) < 4.78 is 19.1. The van der Waals surface area contributed by atoms with Crippen LogP contribution in [0.4, 0.5) is 21.0 Å². The number of hydrogen-bond donors (Lipinski definition) is 2. The molecule has 3 aromatic heterocycles. The smallest absolute Gasteiger partial charge is 0.188 e. The number of pyridine rings is 1. The van der Waals surface area contributed by atoms with Crippen molar-refractivity contribution >= 4 is 73.9 Å². The SMILES string of the molecule is C=Cc1nc(N2CCc3cccc(C(=C)Nc4nc5ccccc5s4)c3C2)ccc1-c1cccc(CCCCC2CCN(CC3CCN(c4cc5c(=C)n(C6CCC(=C)NC6=C)c(=C)c5cc4F)CC3)CC2)c1C. The Hall–Kier alpha value is -6.75. The van der Waals surface area contributed by atoms with Crippen molar-refractivity contribution in [3.05, 3.63) is 173 Å². The Morgan fingerprint density at radius 2 is 1.57 bits per heavy atom. The Kier molecular flexibility index (Phi) is 14.2. The average Bonchev–Trinajstić information content (AvgIpc) is 3.94. The second-order valence-corrected chi connectivity index (χ2v) is 22.5. The van der Waals surface area contributed by atoms with E-state index in [1.54, 1.807) is 17.4 Å². The number of benzene rings is 4. The topological polar surface area (TPSA) is 64.5 Å². The zero-order chi connectivity index (χ0) is 51.0. The van der Waals surface area contributed by atoms with Crippen LogP contribution < -0.4 is 31.1 Å². The van der Waals surface area contributed by atoms with Gasteiger partial charge in [0.25, 0.3) is 0 Å². The lowest BCUT2D eigenvalue weighted by molar-refractivity contribution is 0.146. The summed E-state index contributed by atoms with van der Waals surface area (Å²) in [7, 11) is 0. The molecule has 0 aliphatic carbocycles. The molecule has 4 aromatic carbocycles. The summed E-state index contributed by atoms with van der Waals surface area (Å²) in [5.41, 5.74) is 14.2. The Balaban J connectivity index is 0.644. The molecule has 0 amide bonds. The van der Waals surface area contributed by atoms with E-state index in [1.807, 2.05) is 24.3 Å². The van der Waals surface area contributed by atoms with Crippen molar-refractivity contribution in [2.24, 2.45) is 11.8 Å². The molecule has 8 nitrogen and oxygen atoms in total. The molecule has 0 spiro atoms. The zero-order valence-electron chi connectivity index (χ0n) is 43.3. The summed E-state index contributed by atoms with van der Waals surface area (Å²) in [6.07, 6.45) is 14.2. The van der Waals surface area contributed by atoms with Gasteiger partial charge in [0.1, 0.15) is 11.6 Å². The van der Waals surface area contributed by atoms with Gasteiger partial charge in [0.05, 0.1) is 27.6 Å². The van der Waals surface area contributed by atoms with E-state index in [-0.39, 0.29) is 11.9 Å². The highest BCUT2D eigenvalue weighted by Gasteiger charge is 2.29. The highest BCUT2D eigenvalue weighted by Crippen LogP contribution is 2.37. The Labute approximate surface area is 441 Å². The fourth-order valence-electron chi connectivity index (χ4n) is 12.6. The molecule has 3 saturated heterocycles. The third-order valence-electron chi connectivity index (χ3n) is 16.9. The van der Waals surface area contributed by atoms with Crippen LogP contribution in [0, 0.1) is 24.6 Å². The number of anilines is 3. The number of nitrogens with one attached hydrogen (secondary N) is 2. The van der Waals surface area contributed by atoms with Crippen LogP contribution in [-0.2, 0) is 19.4 Å². The molecule has 4 aliphatic heterocycles. The van der Waals surface area contributed by atoms with E-state index in [1.165, 1.54) is 73.0 Å². The first-order valence-electron chi connectivity index (χ1n) is 27.0. The van der Waals surface area contributed by atoms with Gasteiger partial charge in [-0.3, -0.25) is 0 Å². The number of para-hydroxylation sites is 1. The number of hydrogen-bond acceptors (Lipinski definition) is 8. The van der Waals surface area contributed by atoms with Gasteiger partial charge in [-0.15, -0.1) is 0 Å². The number of aromatic nitrogens is 3. The third kappa shape index (κ3) is 9.98. The van der Waals surface area contributed by atoms with Gasteiger partial charge in [-0.25, -0.2) is 14.4 Å². The van der Waals surface area contributed by atoms with Crippen molar-refractivity contribution in [3.63, 3.8) is 0 Å². The van der Waals surface area contributed by atoms with E-state index < -0.39 is 0 Å². The van der Waals surface area contributed by atoms with Crippen molar-refractivity contribution in [3.8, 4) is 11.1 Å². The number of likely N-dealkylation sites (tertiary alicyclic amines) is 1. The zero-order valence-corrected chi connectivity index (χ0v) is 44.1. The summed E-state index contributed by atoms with van der Waals surface area (Å²) in [6.45, 7) is 35.1. The van der Waals surface area contributed by atoms with Gasteiger partial charge < -0.3 is 29.9 Å². The van der Waals surface area contributed by atoms with Gasteiger partial charge in [-0.1, -0.05) is 112 Å². The lowest BCUT2D eigenvalue weighted by atomic mass is 9.88. The predicted octanol–water partition coefficient (Wildman–Crippen LogP) is 13.2. The Morgan fingerprint density at radius 1 is 0.797 bits per heavy atom. The van der Waals surface area contributed by atoms with E-state index in [0.717, 1.165) is 154 Å². The number of rotatable bonds is 15. The van der Waals surface area contributed by atoms with Gasteiger partial charge in [0.2, 0.25) is 0 Å². The van der Waals surface area contributed by atoms with Gasteiger partial charge in [-0.2, -0.15) is 0 Å². The van der Waals surface area contributed by atoms with Gasteiger partial charge >= 0.3 is 0 Å². The van der Waals surface area contributed by atoms with Crippen molar-refractivity contribution in [2.75, 3.05) is 54.4 Å². The molecular formula is C64H71FN8S. The summed E-state index contributed by atoms with van der Waals surface area (Å²) in [6, 6.07) is 29.7. The van der Waals surface area contributed by atoms with Crippen LogP contribution in [0.3, 0.4) is 0 Å². The second kappa shape index (κ2) is 21.2. The molecule has 0 bridgehead atoms. The molecule has 7 heterocycles. The number of allylic oxidation sites excluding steroid dienone is 2. The average molecular weight is 1000 g/mol. The number of piperidine rings is 3. The van der Waals surface area contributed by atoms with Crippen LogP contribution >= 0.6 is 11.3 Å². The summed E-state index contributed by atoms with van der Waals surface area (Å²) in [5, 5.41) is 11.2. The van der Waals surface area contributed by atoms with Crippen LogP contribution in [-0.4, -0.2) is 58.7 Å². The maximum absolute atomic E-state index is 15.8. The molecule has 1 atom stereocenters. The first-order chi connectivity index (χ1) is 36.0. The fourth-order valence-corrected chi connectivity index (χ4v) is 13.5. The fraction of sp³-hybridized carbons (Fsp3) is 0.344. The standard InChI is InChI=1S/C64H71FN8S/c1-8-58-53(24-26-63(68-58)72-36-31-50-18-14-20-52(56(50)40-72)43(4)67-64-69-59-21-11-12-22-62(59)74-64)51-19-13-17-49(42(51)3)16-10-9-15-47-27-32-70(33-28-47)39-48-29-34-71(35-30-48)61-38-55-46(7)73(45(6)54(55)37-57(61)65)60-25-23-41(2)66-44(60)5/h8,11-14,17-22,24,26,37-38,47-48,60,66H,1-2,4-7,9-10,15-16,23,25,27-36,39-40H2,3H3,(H,67,69). The number of aryl methyl sites for hydroxylation is 1. The van der Waals surface area contributed by atoms with E-state index >= 15 is 4.39 Å². The Morgan fingerprint density at radius 3 is 2.35 bits per heavy atom. The molecular weight excluding hydrogens is 932 g/mol. The predicted molar refractivity (Wildman–Crippen MR) is 312 cm³/mol.